The Bertz CT molecular complexity index is 353. The highest BCUT2D eigenvalue weighted by Crippen LogP contribution is 2.18. The predicted molar refractivity (Wildman–Crippen MR) is 50.4 cm³/mol. The van der Waals surface area contributed by atoms with E-state index in [4.69, 9.17) is 0 Å². The average Bonchev–Trinajstić information content (AvgIpc) is 2.07. The summed E-state index contributed by atoms with van der Waals surface area (Å²) in [5.41, 5.74) is 0.257. The Morgan fingerprint density at radius 1 is 1.50 bits per heavy atom. The molecule has 0 aromatic heterocycles. The normalized spacial score (nSPS) is 10.6. The van der Waals surface area contributed by atoms with Crippen LogP contribution in [0.1, 0.15) is 5.56 Å². The Labute approximate surface area is 81.1 Å². The minimum absolute atomic E-state index is 0.468. The van der Waals surface area contributed by atoms with Gasteiger partial charge in [-0.3, -0.25) is 10.1 Å². The molecule has 0 saturated carbocycles. The van der Waals surface area contributed by atoms with Gasteiger partial charge >= 0.3 is 5.69 Å². The first-order valence-corrected chi connectivity index (χ1v) is 4.08. The van der Waals surface area contributed by atoms with Gasteiger partial charge in [-0.2, -0.15) is 4.39 Å². The topological polar surface area (TPSA) is 46.4 Å². The number of rotatable bonds is 3. The number of halogens is 1. The van der Waals surface area contributed by atoms with Crippen LogP contribution in [-0.4, -0.2) is 23.9 Å². The second kappa shape index (κ2) is 4.15. The zero-order chi connectivity index (χ0) is 10.7. The zero-order valence-corrected chi connectivity index (χ0v) is 8.03. The van der Waals surface area contributed by atoms with Crippen LogP contribution >= 0.6 is 0 Å². The molecule has 0 spiro atoms. The molecule has 1 rings (SSSR count). The van der Waals surface area contributed by atoms with Crippen LogP contribution in [0.2, 0.25) is 0 Å². The van der Waals surface area contributed by atoms with Crippen molar-refractivity contribution >= 4 is 5.69 Å². The van der Waals surface area contributed by atoms with Gasteiger partial charge in [-0.15, -0.1) is 0 Å². The van der Waals surface area contributed by atoms with E-state index in [2.05, 4.69) is 0 Å². The summed E-state index contributed by atoms with van der Waals surface area (Å²) in [7, 11) is 3.68. The Morgan fingerprint density at radius 3 is 2.64 bits per heavy atom. The van der Waals surface area contributed by atoms with E-state index < -0.39 is 16.4 Å². The average molecular weight is 198 g/mol. The van der Waals surface area contributed by atoms with Gasteiger partial charge < -0.3 is 4.90 Å². The molecule has 1 aromatic carbocycles. The van der Waals surface area contributed by atoms with Gasteiger partial charge in [-0.05, 0) is 25.7 Å². The molecule has 0 unspecified atom stereocenters. The van der Waals surface area contributed by atoms with E-state index in [0.717, 1.165) is 11.6 Å². The van der Waals surface area contributed by atoms with Crippen molar-refractivity contribution < 1.29 is 9.31 Å². The Hall–Kier alpha value is -1.49. The van der Waals surface area contributed by atoms with Crippen LogP contribution in [-0.2, 0) is 6.54 Å². The minimum atomic E-state index is -0.794. The van der Waals surface area contributed by atoms with Crippen molar-refractivity contribution in [2.45, 2.75) is 6.54 Å². The van der Waals surface area contributed by atoms with Crippen molar-refractivity contribution in [2.75, 3.05) is 14.1 Å². The third-order valence-electron chi connectivity index (χ3n) is 1.71. The van der Waals surface area contributed by atoms with Gasteiger partial charge in [0, 0.05) is 12.6 Å². The summed E-state index contributed by atoms with van der Waals surface area (Å²) in [5, 5.41) is 10.4. The molecule has 0 radical (unpaired) electrons. The Balaban J connectivity index is 3.00. The van der Waals surface area contributed by atoms with E-state index in [0.29, 0.717) is 6.54 Å². The fraction of sp³-hybridized carbons (Fsp3) is 0.333. The standard InChI is InChI=1S/C9H11FN2O2/c1-11(2)6-7-3-4-8(10)9(5-7)12(13)14/h3-5H,6H2,1-2H3. The van der Waals surface area contributed by atoms with E-state index in [1.807, 2.05) is 19.0 Å². The van der Waals surface area contributed by atoms with Crippen molar-refractivity contribution in [1.29, 1.82) is 0 Å². The number of benzene rings is 1. The van der Waals surface area contributed by atoms with E-state index in [1.165, 1.54) is 6.07 Å². The van der Waals surface area contributed by atoms with Crippen molar-refractivity contribution in [3.05, 3.63) is 39.7 Å². The lowest BCUT2D eigenvalue weighted by Crippen LogP contribution is -2.10. The highest BCUT2D eigenvalue weighted by Gasteiger charge is 2.14. The molecule has 0 saturated heterocycles. The maximum Gasteiger partial charge on any atom is 0.305 e. The van der Waals surface area contributed by atoms with Gasteiger partial charge in [0.15, 0.2) is 0 Å². The van der Waals surface area contributed by atoms with Crippen molar-refractivity contribution in [2.24, 2.45) is 0 Å². The first-order chi connectivity index (χ1) is 6.50. The maximum atomic E-state index is 12.9. The molecule has 76 valence electrons. The quantitative estimate of drug-likeness (QED) is 0.549. The molecule has 0 bridgehead atoms. The van der Waals surface area contributed by atoms with E-state index in [9.17, 15) is 14.5 Å². The van der Waals surface area contributed by atoms with Crippen molar-refractivity contribution in [3.63, 3.8) is 0 Å². The number of hydrogen-bond acceptors (Lipinski definition) is 3. The molecular formula is C9H11FN2O2. The summed E-state index contributed by atoms with van der Waals surface area (Å²) < 4.78 is 12.9. The maximum absolute atomic E-state index is 12.9. The molecule has 0 atom stereocenters. The molecule has 14 heavy (non-hydrogen) atoms. The number of nitrogens with zero attached hydrogens (tertiary/aromatic N) is 2. The molecule has 4 nitrogen and oxygen atoms in total. The second-order valence-electron chi connectivity index (χ2n) is 3.28. The molecule has 0 N–H and O–H groups in total. The van der Waals surface area contributed by atoms with Crippen molar-refractivity contribution in [1.82, 2.24) is 4.90 Å². The number of nitro benzene ring substituents is 1. The lowest BCUT2D eigenvalue weighted by atomic mass is 10.2. The predicted octanol–water partition coefficient (Wildman–Crippen LogP) is 1.80. The lowest BCUT2D eigenvalue weighted by molar-refractivity contribution is -0.387. The molecule has 0 amide bonds. The first kappa shape index (κ1) is 10.6. The van der Waals surface area contributed by atoms with Crippen LogP contribution in [0.4, 0.5) is 10.1 Å². The molecule has 0 aliphatic heterocycles. The smallest absolute Gasteiger partial charge is 0.305 e. The van der Waals surface area contributed by atoms with E-state index in [1.54, 1.807) is 6.07 Å². The van der Waals surface area contributed by atoms with Crippen LogP contribution in [0.15, 0.2) is 18.2 Å². The molecule has 0 aliphatic carbocycles. The highest BCUT2D eigenvalue weighted by molar-refractivity contribution is 5.36. The summed E-state index contributed by atoms with van der Waals surface area (Å²) in [6.45, 7) is 0.557. The largest absolute Gasteiger partial charge is 0.305 e. The summed E-state index contributed by atoms with van der Waals surface area (Å²) in [6, 6.07) is 3.93. The van der Waals surface area contributed by atoms with Gasteiger partial charge in [0.05, 0.1) is 4.92 Å². The SMILES string of the molecule is CN(C)Cc1ccc(F)c([N+](=O)[O-])c1. The van der Waals surface area contributed by atoms with Crippen LogP contribution in [0, 0.1) is 15.9 Å². The third kappa shape index (κ3) is 2.50. The van der Waals surface area contributed by atoms with Gasteiger partial charge in [-0.25, -0.2) is 0 Å². The molecular weight excluding hydrogens is 187 g/mol. The summed E-state index contributed by atoms with van der Waals surface area (Å²) in [5.74, 6) is -0.794. The van der Waals surface area contributed by atoms with Crippen molar-refractivity contribution in [3.8, 4) is 0 Å². The second-order valence-corrected chi connectivity index (χ2v) is 3.28. The van der Waals surface area contributed by atoms with E-state index in [-0.39, 0.29) is 0 Å². The van der Waals surface area contributed by atoms with Gasteiger partial charge in [0.1, 0.15) is 0 Å². The summed E-state index contributed by atoms with van der Waals surface area (Å²) in [4.78, 5) is 11.6. The number of nitro groups is 1. The molecule has 0 fully saturated rings. The lowest BCUT2D eigenvalue weighted by Gasteiger charge is -2.08. The highest BCUT2D eigenvalue weighted by atomic mass is 19.1. The summed E-state index contributed by atoms with van der Waals surface area (Å²) in [6.07, 6.45) is 0. The Morgan fingerprint density at radius 2 is 2.14 bits per heavy atom. The molecule has 5 heteroatoms. The fourth-order valence-electron chi connectivity index (χ4n) is 1.16. The Kier molecular flexibility index (Phi) is 3.14. The van der Waals surface area contributed by atoms with Gasteiger partial charge in [-0.1, -0.05) is 6.07 Å². The zero-order valence-electron chi connectivity index (χ0n) is 8.03. The fourth-order valence-corrected chi connectivity index (χ4v) is 1.16. The van der Waals surface area contributed by atoms with E-state index >= 15 is 0 Å². The number of hydrogen-bond donors (Lipinski definition) is 0. The minimum Gasteiger partial charge on any atom is -0.305 e. The molecule has 0 aliphatic rings. The summed E-state index contributed by atoms with van der Waals surface area (Å²) >= 11 is 0. The van der Waals surface area contributed by atoms with Crippen LogP contribution in [0.3, 0.4) is 0 Å². The first-order valence-electron chi connectivity index (χ1n) is 4.08. The monoisotopic (exact) mass is 198 g/mol. The van der Waals surface area contributed by atoms with Crippen LogP contribution in [0.5, 0.6) is 0 Å². The van der Waals surface area contributed by atoms with Crippen LogP contribution < -0.4 is 0 Å². The third-order valence-corrected chi connectivity index (χ3v) is 1.71. The molecule has 0 heterocycles. The van der Waals surface area contributed by atoms with Crippen LogP contribution in [0.25, 0.3) is 0 Å². The van der Waals surface area contributed by atoms with Gasteiger partial charge in [0.2, 0.25) is 5.82 Å². The molecule has 1 aromatic rings. The van der Waals surface area contributed by atoms with Gasteiger partial charge in [0.25, 0.3) is 0 Å².